The molecular formula is C25H30N2O6S. The van der Waals surface area contributed by atoms with Crippen molar-refractivity contribution in [3.8, 4) is 16.9 Å². The van der Waals surface area contributed by atoms with Gasteiger partial charge in [-0.25, -0.2) is 13.2 Å². The van der Waals surface area contributed by atoms with Crippen molar-refractivity contribution in [2.45, 2.75) is 24.1 Å². The van der Waals surface area contributed by atoms with Crippen molar-refractivity contribution in [1.29, 1.82) is 0 Å². The smallest absolute Gasteiger partial charge is 0.339 e. The number of hydrogen-bond acceptors (Lipinski definition) is 7. The molecule has 0 aliphatic carbocycles. The van der Waals surface area contributed by atoms with Gasteiger partial charge in [-0.15, -0.1) is 0 Å². The summed E-state index contributed by atoms with van der Waals surface area (Å²) in [6.45, 7) is 5.87. The summed E-state index contributed by atoms with van der Waals surface area (Å²) in [5.74, 6) is -1.18. The van der Waals surface area contributed by atoms with Gasteiger partial charge in [0.05, 0.1) is 24.5 Å². The van der Waals surface area contributed by atoms with Crippen LogP contribution in [0, 0.1) is 0 Å². The monoisotopic (exact) mass is 486 g/mol. The first-order chi connectivity index (χ1) is 16.4. The molecule has 1 aromatic heterocycles. The van der Waals surface area contributed by atoms with Crippen LogP contribution in [0.25, 0.3) is 11.1 Å². The summed E-state index contributed by atoms with van der Waals surface area (Å²) in [6, 6.07) is 13.0. The summed E-state index contributed by atoms with van der Waals surface area (Å²) in [6.07, 6.45) is 2.94. The predicted octanol–water partition coefficient (Wildman–Crippen LogP) is 4.06. The second kappa shape index (κ2) is 11.3. The third-order valence-corrected chi connectivity index (χ3v) is 7.70. The first-order valence-corrected chi connectivity index (χ1v) is 12.6. The van der Waals surface area contributed by atoms with E-state index in [-0.39, 0.29) is 21.8 Å². The van der Waals surface area contributed by atoms with Gasteiger partial charge < -0.3 is 19.6 Å². The molecule has 8 nitrogen and oxygen atoms in total. The van der Waals surface area contributed by atoms with E-state index in [0.717, 1.165) is 6.54 Å². The Morgan fingerprint density at radius 3 is 2.44 bits per heavy atom. The van der Waals surface area contributed by atoms with Gasteiger partial charge in [0.25, 0.3) is 0 Å². The zero-order valence-electron chi connectivity index (χ0n) is 19.5. The van der Waals surface area contributed by atoms with E-state index in [1.165, 1.54) is 37.8 Å². The number of carbonyl (C=O) groups is 1. The van der Waals surface area contributed by atoms with Crippen molar-refractivity contribution in [3.63, 3.8) is 0 Å². The molecule has 0 radical (unpaired) electrons. The Morgan fingerprint density at radius 1 is 1.15 bits per heavy atom. The predicted molar refractivity (Wildman–Crippen MR) is 130 cm³/mol. The molecule has 0 aliphatic heterocycles. The molecule has 2 N–H and O–H groups in total. The minimum Gasteiger partial charge on any atom is -0.496 e. The minimum atomic E-state index is -4.05. The fourth-order valence-electron chi connectivity index (χ4n) is 4.03. The van der Waals surface area contributed by atoms with Gasteiger partial charge in [-0.05, 0) is 42.9 Å². The van der Waals surface area contributed by atoms with Crippen LogP contribution < -0.4 is 10.1 Å². The second-order valence-electron chi connectivity index (χ2n) is 7.61. The largest absolute Gasteiger partial charge is 0.496 e. The number of likely N-dealkylation sites (N-methyl/N-ethyl adjacent to an activating group) is 2. The Balaban J connectivity index is 2.38. The third kappa shape index (κ3) is 5.16. The third-order valence-electron chi connectivity index (χ3n) is 5.65. The molecule has 0 aliphatic rings. The highest BCUT2D eigenvalue weighted by atomic mass is 32.2. The van der Waals surface area contributed by atoms with Gasteiger partial charge in [-0.1, -0.05) is 38.1 Å². The molecule has 1 unspecified atom stereocenters. The van der Waals surface area contributed by atoms with Crippen LogP contribution in [0.15, 0.2) is 70.4 Å². The molecule has 3 rings (SSSR count). The second-order valence-corrected chi connectivity index (χ2v) is 9.62. The number of aromatic carboxylic acids is 1. The van der Waals surface area contributed by atoms with Crippen molar-refractivity contribution in [2.24, 2.45) is 0 Å². The van der Waals surface area contributed by atoms with E-state index in [1.807, 2.05) is 13.8 Å². The zero-order chi connectivity index (χ0) is 24.7. The van der Waals surface area contributed by atoms with Crippen molar-refractivity contribution in [3.05, 3.63) is 72.2 Å². The Kier molecular flexibility index (Phi) is 8.49. The van der Waals surface area contributed by atoms with Crippen LogP contribution in [-0.2, 0) is 9.84 Å². The number of carboxylic acid groups (broad SMARTS) is 1. The number of sulfone groups is 1. The lowest BCUT2D eigenvalue weighted by atomic mass is 9.95. The van der Waals surface area contributed by atoms with Crippen LogP contribution in [0.5, 0.6) is 5.75 Å². The molecule has 9 heteroatoms. The molecule has 1 atom stereocenters. The van der Waals surface area contributed by atoms with Gasteiger partial charge in [0, 0.05) is 24.2 Å². The van der Waals surface area contributed by atoms with Crippen LogP contribution >= 0.6 is 0 Å². The maximum Gasteiger partial charge on any atom is 0.339 e. The lowest BCUT2D eigenvalue weighted by Gasteiger charge is -2.33. The molecule has 3 aromatic rings. The van der Waals surface area contributed by atoms with Gasteiger partial charge in [-0.3, -0.25) is 4.90 Å². The minimum absolute atomic E-state index is 0.0887. The van der Waals surface area contributed by atoms with E-state index in [1.54, 1.807) is 35.2 Å². The summed E-state index contributed by atoms with van der Waals surface area (Å²) in [5.41, 5.74) is 0.998. The SMILES string of the molecule is CCNCCN(CC)C(c1c(-c2ccoc2)ccc(OC)c1C(=O)O)S(=O)(=O)c1ccccc1. The molecule has 0 bridgehead atoms. The van der Waals surface area contributed by atoms with Crippen molar-refractivity contribution in [2.75, 3.05) is 33.3 Å². The highest BCUT2D eigenvalue weighted by molar-refractivity contribution is 7.91. The molecule has 0 spiro atoms. The van der Waals surface area contributed by atoms with E-state index < -0.39 is 21.2 Å². The lowest BCUT2D eigenvalue weighted by molar-refractivity contribution is 0.0690. The van der Waals surface area contributed by atoms with Crippen LogP contribution in [0.4, 0.5) is 0 Å². The summed E-state index contributed by atoms with van der Waals surface area (Å²) in [4.78, 5) is 14.4. The Labute approximate surface area is 200 Å². The van der Waals surface area contributed by atoms with Crippen LogP contribution in [-0.4, -0.2) is 57.7 Å². The zero-order valence-corrected chi connectivity index (χ0v) is 20.3. The molecule has 2 aromatic carbocycles. The highest BCUT2D eigenvalue weighted by Crippen LogP contribution is 2.43. The molecular weight excluding hydrogens is 456 g/mol. The van der Waals surface area contributed by atoms with Crippen LogP contribution in [0.3, 0.4) is 0 Å². The van der Waals surface area contributed by atoms with Crippen LogP contribution in [0.2, 0.25) is 0 Å². The average Bonchev–Trinajstić information content (AvgIpc) is 3.38. The maximum atomic E-state index is 14.1. The molecule has 0 fully saturated rings. The summed E-state index contributed by atoms with van der Waals surface area (Å²) < 4.78 is 38.9. The molecule has 0 saturated carbocycles. The van der Waals surface area contributed by atoms with Crippen molar-refractivity contribution < 1.29 is 27.5 Å². The molecule has 1 heterocycles. The average molecular weight is 487 g/mol. The number of furan rings is 1. The van der Waals surface area contributed by atoms with Gasteiger partial charge in [0.1, 0.15) is 16.7 Å². The number of carboxylic acids is 1. The molecule has 0 amide bonds. The van der Waals surface area contributed by atoms with E-state index in [2.05, 4.69) is 5.32 Å². The standard InChI is InChI=1S/C25H30N2O6S/c1-4-26-14-15-27(5-2)24(34(30,31)19-9-7-6-8-10-19)22-20(18-13-16-33-17-18)11-12-21(32-3)23(22)25(28)29/h6-13,16-17,24,26H,4-5,14-15H2,1-3H3,(H,28,29). The molecule has 34 heavy (non-hydrogen) atoms. The van der Waals surface area contributed by atoms with E-state index in [4.69, 9.17) is 9.15 Å². The summed E-state index contributed by atoms with van der Waals surface area (Å²) >= 11 is 0. The number of benzene rings is 2. The van der Waals surface area contributed by atoms with Gasteiger partial charge in [0.15, 0.2) is 9.84 Å². The summed E-state index contributed by atoms with van der Waals surface area (Å²) in [5, 5.41) is 12.2. The van der Waals surface area contributed by atoms with E-state index in [0.29, 0.717) is 30.8 Å². The fraction of sp³-hybridized carbons (Fsp3) is 0.320. The number of ether oxygens (including phenoxy) is 1. The number of rotatable bonds is 12. The quantitative estimate of drug-likeness (QED) is 0.369. The summed E-state index contributed by atoms with van der Waals surface area (Å²) in [7, 11) is -2.68. The van der Waals surface area contributed by atoms with Crippen molar-refractivity contribution in [1.82, 2.24) is 10.2 Å². The lowest BCUT2D eigenvalue weighted by Crippen LogP contribution is -2.39. The van der Waals surface area contributed by atoms with E-state index >= 15 is 0 Å². The van der Waals surface area contributed by atoms with Crippen molar-refractivity contribution >= 4 is 15.8 Å². The molecule has 0 saturated heterocycles. The fourth-order valence-corrected chi connectivity index (χ4v) is 6.03. The highest BCUT2D eigenvalue weighted by Gasteiger charge is 2.39. The Bertz CT molecular complexity index is 1190. The van der Waals surface area contributed by atoms with Gasteiger partial charge in [-0.2, -0.15) is 0 Å². The first kappa shape index (κ1) is 25.5. The van der Waals surface area contributed by atoms with Crippen LogP contribution in [0.1, 0.15) is 35.1 Å². The normalized spacial score (nSPS) is 12.6. The number of hydrogen-bond donors (Lipinski definition) is 2. The van der Waals surface area contributed by atoms with Gasteiger partial charge in [0.2, 0.25) is 0 Å². The molecule has 182 valence electrons. The topological polar surface area (TPSA) is 109 Å². The maximum absolute atomic E-state index is 14.1. The van der Waals surface area contributed by atoms with E-state index in [9.17, 15) is 18.3 Å². The number of nitrogens with one attached hydrogen (secondary N) is 1. The Morgan fingerprint density at radius 2 is 1.88 bits per heavy atom. The number of methoxy groups -OCH3 is 1. The first-order valence-electron chi connectivity index (χ1n) is 11.1. The van der Waals surface area contributed by atoms with Gasteiger partial charge >= 0.3 is 5.97 Å². The Hall–Kier alpha value is -3.14. The number of nitrogens with zero attached hydrogens (tertiary/aromatic N) is 1.